The number of aromatic carboxylic acids is 1. The van der Waals surface area contributed by atoms with Gasteiger partial charge in [0.05, 0.1) is 34.0 Å². The Morgan fingerprint density at radius 2 is 1.93 bits per heavy atom. The van der Waals surface area contributed by atoms with Crippen molar-refractivity contribution in [3.63, 3.8) is 0 Å². The van der Waals surface area contributed by atoms with E-state index in [-0.39, 0.29) is 22.3 Å². The number of carbonyl (C=O) groups is 2. The molecule has 0 aliphatic carbocycles. The number of aryl methyl sites for hydroxylation is 1. The molecular weight excluding hydrogens is 385 g/mol. The highest BCUT2D eigenvalue weighted by Gasteiger charge is 2.31. The Morgan fingerprint density at radius 1 is 1.25 bits per heavy atom. The van der Waals surface area contributed by atoms with Crippen molar-refractivity contribution in [2.45, 2.75) is 24.8 Å². The lowest BCUT2D eigenvalue weighted by molar-refractivity contribution is -0.118. The van der Waals surface area contributed by atoms with Crippen LogP contribution in [-0.4, -0.2) is 59.0 Å². The lowest BCUT2D eigenvalue weighted by Gasteiger charge is -2.36. The molecule has 0 radical (unpaired) electrons. The molecule has 1 aromatic heterocycles. The summed E-state index contributed by atoms with van der Waals surface area (Å²) in [5, 5.41) is 9.97. The van der Waals surface area contributed by atoms with Crippen molar-refractivity contribution >= 4 is 40.1 Å². The number of ketones is 1. The van der Waals surface area contributed by atoms with E-state index in [1.807, 2.05) is 9.80 Å². The molecule has 0 atom stereocenters. The van der Waals surface area contributed by atoms with E-state index in [1.54, 1.807) is 17.6 Å². The maximum absolute atomic E-state index is 15.2. The summed E-state index contributed by atoms with van der Waals surface area (Å²) in [4.78, 5) is 39.6. The molecule has 2 aliphatic heterocycles. The van der Waals surface area contributed by atoms with Crippen molar-refractivity contribution in [3.8, 4) is 0 Å². The molecule has 1 fully saturated rings. The quantitative estimate of drug-likeness (QED) is 0.832. The summed E-state index contributed by atoms with van der Waals surface area (Å²) in [5.74, 6) is -1.14. The number of carboxylic acids is 1. The van der Waals surface area contributed by atoms with E-state index in [1.165, 1.54) is 18.7 Å². The zero-order chi connectivity index (χ0) is 20.2. The number of halogens is 1. The number of rotatable bonds is 4. The molecule has 2 aromatic rings. The normalized spacial score (nSPS) is 16.8. The molecule has 0 amide bonds. The minimum atomic E-state index is -1.28. The van der Waals surface area contributed by atoms with Gasteiger partial charge in [-0.2, -0.15) is 0 Å². The summed E-state index contributed by atoms with van der Waals surface area (Å²) in [6.07, 6.45) is 0. The van der Waals surface area contributed by atoms with Gasteiger partial charge in [-0.15, -0.1) is 0 Å². The average Bonchev–Trinajstić information content (AvgIpc) is 2.60. The van der Waals surface area contributed by atoms with Crippen LogP contribution in [0.3, 0.4) is 0 Å². The van der Waals surface area contributed by atoms with Crippen molar-refractivity contribution in [1.82, 2.24) is 9.47 Å². The summed E-state index contributed by atoms with van der Waals surface area (Å²) in [6.45, 7) is 5.94. The number of pyridine rings is 1. The fraction of sp³-hybridized carbons (Fsp3) is 0.421. The number of nitrogens with zero attached hydrogens (tertiary/aromatic N) is 3. The van der Waals surface area contributed by atoms with Gasteiger partial charge in [0.2, 0.25) is 5.43 Å². The molecule has 3 heterocycles. The SMILES string of the molecule is CC(=O)CN1CCN(c2cc3c(c(C)c2F)c(=O)c(C(=O)O)c2n3CS2)CC1. The van der Waals surface area contributed by atoms with Gasteiger partial charge in [0.15, 0.2) is 0 Å². The minimum absolute atomic E-state index is 0.103. The fourth-order valence-corrected chi connectivity index (χ4v) is 4.89. The van der Waals surface area contributed by atoms with Gasteiger partial charge < -0.3 is 14.6 Å². The number of benzene rings is 1. The van der Waals surface area contributed by atoms with Gasteiger partial charge >= 0.3 is 5.97 Å². The Kier molecular flexibility index (Phi) is 4.67. The molecule has 7 nitrogen and oxygen atoms in total. The van der Waals surface area contributed by atoms with Crippen LogP contribution >= 0.6 is 11.8 Å². The first-order valence-electron chi connectivity index (χ1n) is 9.02. The van der Waals surface area contributed by atoms with E-state index in [0.717, 1.165) is 0 Å². The van der Waals surface area contributed by atoms with Gasteiger partial charge in [0.1, 0.15) is 17.2 Å². The summed E-state index contributed by atoms with van der Waals surface area (Å²) in [5.41, 5.74) is 0.260. The van der Waals surface area contributed by atoms with Gasteiger partial charge in [-0.3, -0.25) is 14.5 Å². The van der Waals surface area contributed by atoms with Crippen LogP contribution in [0.5, 0.6) is 0 Å². The molecule has 1 saturated heterocycles. The predicted octanol–water partition coefficient (Wildman–Crippen LogP) is 1.92. The number of carboxylic acid groups (broad SMARTS) is 1. The van der Waals surface area contributed by atoms with Gasteiger partial charge in [0, 0.05) is 31.7 Å². The highest BCUT2D eigenvalue weighted by molar-refractivity contribution is 7.99. The van der Waals surface area contributed by atoms with Crippen LogP contribution in [0.2, 0.25) is 0 Å². The first kappa shape index (κ1) is 18.9. The standard InChI is InChI=1S/C19H20FN3O4S/c1-10(24)8-21-3-5-22(6-4-21)13-7-12-14(11(2)16(13)20)17(25)15(19(26)27)18-23(12)9-28-18/h7H,3-6,8-9H2,1-2H3,(H,26,27). The maximum atomic E-state index is 15.2. The third kappa shape index (κ3) is 2.89. The minimum Gasteiger partial charge on any atom is -0.477 e. The number of anilines is 1. The summed E-state index contributed by atoms with van der Waals surface area (Å²) < 4.78 is 16.9. The number of carbonyl (C=O) groups excluding carboxylic acids is 1. The second kappa shape index (κ2) is 6.89. The van der Waals surface area contributed by atoms with E-state index in [9.17, 15) is 19.5 Å². The monoisotopic (exact) mass is 405 g/mol. The van der Waals surface area contributed by atoms with Crippen LogP contribution in [0.25, 0.3) is 10.9 Å². The molecule has 1 aromatic carbocycles. The van der Waals surface area contributed by atoms with E-state index in [4.69, 9.17) is 0 Å². The predicted molar refractivity (Wildman–Crippen MR) is 105 cm³/mol. The van der Waals surface area contributed by atoms with E-state index in [2.05, 4.69) is 0 Å². The molecule has 2 aliphatic rings. The second-order valence-corrected chi connectivity index (χ2v) is 8.14. The number of Topliss-reactive ketones (excluding diaryl/α,β-unsaturated/α-hetero) is 1. The molecule has 0 saturated carbocycles. The number of fused-ring (bicyclic) bond motifs is 3. The molecule has 0 bridgehead atoms. The van der Waals surface area contributed by atoms with E-state index in [0.29, 0.717) is 54.8 Å². The number of aromatic nitrogens is 1. The summed E-state index contributed by atoms with van der Waals surface area (Å²) in [6, 6.07) is 1.66. The largest absolute Gasteiger partial charge is 0.477 e. The van der Waals surface area contributed by atoms with Gasteiger partial charge in [-0.05, 0) is 19.9 Å². The molecule has 4 rings (SSSR count). The lowest BCUT2D eigenvalue weighted by Crippen LogP contribution is -2.48. The fourth-order valence-electron chi connectivity index (χ4n) is 3.94. The first-order chi connectivity index (χ1) is 13.3. The number of thioether (sulfide) groups is 1. The Bertz CT molecular complexity index is 1070. The molecule has 0 unspecified atom stereocenters. The molecule has 0 spiro atoms. The van der Waals surface area contributed by atoms with Crippen molar-refractivity contribution < 1.29 is 19.1 Å². The van der Waals surface area contributed by atoms with Crippen LogP contribution in [-0.2, 0) is 10.7 Å². The maximum Gasteiger partial charge on any atom is 0.342 e. The second-order valence-electron chi connectivity index (χ2n) is 7.21. The zero-order valence-electron chi connectivity index (χ0n) is 15.6. The van der Waals surface area contributed by atoms with Gasteiger partial charge in [0.25, 0.3) is 0 Å². The number of hydrogen-bond donors (Lipinski definition) is 1. The number of hydrogen-bond acceptors (Lipinski definition) is 6. The third-order valence-corrected chi connectivity index (χ3v) is 6.45. The molecule has 1 N–H and O–H groups in total. The van der Waals surface area contributed by atoms with Crippen molar-refractivity contribution in [3.05, 3.63) is 33.2 Å². The molecular formula is C19H20FN3O4S. The zero-order valence-corrected chi connectivity index (χ0v) is 16.4. The van der Waals surface area contributed by atoms with Gasteiger partial charge in [-0.25, -0.2) is 9.18 Å². The van der Waals surface area contributed by atoms with Crippen molar-refractivity contribution in [2.75, 3.05) is 37.6 Å². The van der Waals surface area contributed by atoms with Crippen LogP contribution in [0.1, 0.15) is 22.8 Å². The van der Waals surface area contributed by atoms with Crippen LogP contribution < -0.4 is 10.3 Å². The first-order valence-corrected chi connectivity index (χ1v) is 10.0. The average molecular weight is 405 g/mol. The number of piperazine rings is 1. The van der Waals surface area contributed by atoms with Crippen LogP contribution in [0.15, 0.2) is 15.9 Å². The lowest BCUT2D eigenvalue weighted by atomic mass is 10.0. The smallest absolute Gasteiger partial charge is 0.342 e. The highest BCUT2D eigenvalue weighted by Crippen LogP contribution is 2.39. The Morgan fingerprint density at radius 3 is 2.46 bits per heavy atom. The summed E-state index contributed by atoms with van der Waals surface area (Å²) >= 11 is 1.31. The van der Waals surface area contributed by atoms with Crippen LogP contribution in [0.4, 0.5) is 10.1 Å². The van der Waals surface area contributed by atoms with Crippen LogP contribution in [0, 0.1) is 12.7 Å². The highest BCUT2D eigenvalue weighted by atomic mass is 32.2. The Balaban J connectivity index is 1.79. The molecule has 9 heteroatoms. The topological polar surface area (TPSA) is 82.8 Å². The van der Waals surface area contributed by atoms with E-state index < -0.39 is 17.2 Å². The van der Waals surface area contributed by atoms with Crippen molar-refractivity contribution in [2.24, 2.45) is 0 Å². The Hall–Kier alpha value is -2.39. The van der Waals surface area contributed by atoms with E-state index >= 15 is 4.39 Å². The van der Waals surface area contributed by atoms with Gasteiger partial charge in [-0.1, -0.05) is 11.8 Å². The Labute approximate surface area is 164 Å². The van der Waals surface area contributed by atoms with Crippen molar-refractivity contribution in [1.29, 1.82) is 0 Å². The molecule has 28 heavy (non-hydrogen) atoms. The third-order valence-electron chi connectivity index (χ3n) is 5.37. The summed E-state index contributed by atoms with van der Waals surface area (Å²) in [7, 11) is 0. The molecule has 148 valence electrons.